The van der Waals surface area contributed by atoms with Gasteiger partial charge in [-0.25, -0.2) is 4.79 Å². The van der Waals surface area contributed by atoms with Crippen molar-refractivity contribution in [2.45, 2.75) is 27.7 Å². The summed E-state index contributed by atoms with van der Waals surface area (Å²) in [5.41, 5.74) is 4.90. The minimum absolute atomic E-state index is 0.157. The Morgan fingerprint density at radius 2 is 1.64 bits per heavy atom. The molecule has 0 bridgehead atoms. The van der Waals surface area contributed by atoms with Crippen molar-refractivity contribution in [1.82, 2.24) is 4.98 Å². The Hall–Kier alpha value is -2.88. The van der Waals surface area contributed by atoms with Crippen molar-refractivity contribution in [3.8, 4) is 0 Å². The van der Waals surface area contributed by atoms with Crippen LogP contribution in [0.4, 0.5) is 0 Å². The smallest absolute Gasteiger partial charge is 0.355 e. The normalized spacial score (nSPS) is 10.9. The highest BCUT2D eigenvalue weighted by molar-refractivity contribution is 6.22. The van der Waals surface area contributed by atoms with Crippen molar-refractivity contribution < 1.29 is 14.3 Å². The van der Waals surface area contributed by atoms with E-state index in [4.69, 9.17) is 4.74 Å². The lowest BCUT2D eigenvalue weighted by atomic mass is 9.92. The summed E-state index contributed by atoms with van der Waals surface area (Å²) in [6.45, 7) is 7.85. The molecule has 0 unspecified atom stereocenters. The number of rotatable bonds is 4. The van der Waals surface area contributed by atoms with Gasteiger partial charge in [0.25, 0.3) is 0 Å². The van der Waals surface area contributed by atoms with Crippen molar-refractivity contribution >= 4 is 22.7 Å². The minimum Gasteiger partial charge on any atom is -0.461 e. The number of para-hydroxylation sites is 1. The van der Waals surface area contributed by atoms with Crippen LogP contribution in [0.25, 0.3) is 10.9 Å². The van der Waals surface area contributed by atoms with E-state index >= 15 is 0 Å². The summed E-state index contributed by atoms with van der Waals surface area (Å²) < 4.78 is 5.14. The molecule has 128 valence electrons. The van der Waals surface area contributed by atoms with Crippen LogP contribution in [0.2, 0.25) is 0 Å². The molecule has 1 heterocycles. The molecule has 0 aliphatic carbocycles. The zero-order valence-corrected chi connectivity index (χ0v) is 14.9. The highest BCUT2D eigenvalue weighted by Gasteiger charge is 2.26. The van der Waals surface area contributed by atoms with Gasteiger partial charge in [-0.3, -0.25) is 4.79 Å². The second-order valence-corrected chi connectivity index (χ2v) is 6.24. The number of hydrogen-bond acceptors (Lipinski definition) is 3. The summed E-state index contributed by atoms with van der Waals surface area (Å²) in [5.74, 6) is -0.667. The van der Waals surface area contributed by atoms with Gasteiger partial charge in [-0.15, -0.1) is 0 Å². The molecule has 3 aromatic rings. The molecule has 3 rings (SSSR count). The third-order valence-corrected chi connectivity index (χ3v) is 4.32. The average molecular weight is 335 g/mol. The molecule has 25 heavy (non-hydrogen) atoms. The molecule has 0 spiro atoms. The van der Waals surface area contributed by atoms with Crippen LogP contribution in [0.15, 0.2) is 36.4 Å². The van der Waals surface area contributed by atoms with E-state index in [1.165, 1.54) is 0 Å². The fourth-order valence-electron chi connectivity index (χ4n) is 3.40. The predicted molar refractivity (Wildman–Crippen MR) is 98.3 cm³/mol. The van der Waals surface area contributed by atoms with E-state index in [1.54, 1.807) is 6.92 Å². The quantitative estimate of drug-likeness (QED) is 0.564. The second-order valence-electron chi connectivity index (χ2n) is 6.24. The summed E-state index contributed by atoms with van der Waals surface area (Å²) in [4.78, 5) is 28.8. The number of H-pyrrole nitrogens is 1. The Labute approximate surface area is 146 Å². The van der Waals surface area contributed by atoms with Gasteiger partial charge in [-0.1, -0.05) is 35.9 Å². The van der Waals surface area contributed by atoms with Gasteiger partial charge in [0, 0.05) is 16.5 Å². The van der Waals surface area contributed by atoms with Crippen LogP contribution in [-0.4, -0.2) is 23.3 Å². The molecule has 0 saturated carbocycles. The number of aryl methyl sites for hydroxylation is 3. The highest BCUT2D eigenvalue weighted by Crippen LogP contribution is 2.28. The number of ether oxygens (including phenoxy) is 1. The van der Waals surface area contributed by atoms with Crippen LogP contribution in [-0.2, 0) is 4.74 Å². The molecule has 1 aromatic heterocycles. The number of fused-ring (bicyclic) bond motifs is 1. The Bertz CT molecular complexity index is 959. The maximum atomic E-state index is 13.4. The topological polar surface area (TPSA) is 59.2 Å². The SMILES string of the molecule is CCOC(=O)c1[nH]c2ccccc2c1C(=O)c1c(C)cc(C)cc1C. The first-order valence-corrected chi connectivity index (χ1v) is 8.34. The lowest BCUT2D eigenvalue weighted by Crippen LogP contribution is -2.14. The largest absolute Gasteiger partial charge is 0.461 e. The monoisotopic (exact) mass is 335 g/mol. The molecule has 0 atom stereocenters. The van der Waals surface area contributed by atoms with Crippen LogP contribution in [0.1, 0.15) is 50.0 Å². The fourth-order valence-corrected chi connectivity index (χ4v) is 3.40. The van der Waals surface area contributed by atoms with Crippen LogP contribution in [0, 0.1) is 20.8 Å². The average Bonchev–Trinajstić information content (AvgIpc) is 2.93. The number of nitrogens with one attached hydrogen (secondary N) is 1. The second kappa shape index (κ2) is 6.55. The number of aromatic amines is 1. The van der Waals surface area contributed by atoms with Crippen LogP contribution in [0.5, 0.6) is 0 Å². The Kier molecular flexibility index (Phi) is 4.45. The van der Waals surface area contributed by atoms with Crippen molar-refractivity contribution in [2.24, 2.45) is 0 Å². The Morgan fingerprint density at radius 3 is 2.28 bits per heavy atom. The number of carbonyl (C=O) groups is 2. The molecule has 4 heteroatoms. The maximum Gasteiger partial charge on any atom is 0.355 e. The van der Waals surface area contributed by atoms with E-state index in [0.29, 0.717) is 11.1 Å². The van der Waals surface area contributed by atoms with E-state index < -0.39 is 5.97 Å². The molecule has 0 radical (unpaired) electrons. The first-order valence-electron chi connectivity index (χ1n) is 8.34. The number of carbonyl (C=O) groups excluding carboxylic acids is 2. The van der Waals surface area contributed by atoms with Crippen molar-refractivity contribution in [1.29, 1.82) is 0 Å². The molecule has 1 N–H and O–H groups in total. The molecule has 0 aliphatic rings. The molecule has 4 nitrogen and oxygen atoms in total. The van der Waals surface area contributed by atoms with Crippen LogP contribution < -0.4 is 0 Å². The van der Waals surface area contributed by atoms with E-state index in [1.807, 2.05) is 57.2 Å². The predicted octanol–water partition coefficient (Wildman–Crippen LogP) is 4.50. The number of aromatic nitrogens is 1. The molecular weight excluding hydrogens is 314 g/mol. The van der Waals surface area contributed by atoms with E-state index in [2.05, 4.69) is 4.98 Å². The van der Waals surface area contributed by atoms with Gasteiger partial charge >= 0.3 is 5.97 Å². The van der Waals surface area contributed by atoms with Crippen molar-refractivity contribution in [2.75, 3.05) is 6.61 Å². The minimum atomic E-state index is -0.510. The van der Waals surface area contributed by atoms with Gasteiger partial charge in [-0.05, 0) is 44.9 Å². The van der Waals surface area contributed by atoms with Gasteiger partial charge < -0.3 is 9.72 Å². The highest BCUT2D eigenvalue weighted by atomic mass is 16.5. The van der Waals surface area contributed by atoms with Crippen molar-refractivity contribution in [3.05, 3.63) is 69.9 Å². The molecular formula is C21H21NO3. The van der Waals surface area contributed by atoms with Crippen LogP contribution in [0.3, 0.4) is 0 Å². The van der Waals surface area contributed by atoms with Gasteiger partial charge in [0.05, 0.1) is 12.2 Å². The number of benzene rings is 2. The third kappa shape index (κ3) is 2.95. The zero-order chi connectivity index (χ0) is 18.1. The number of ketones is 1. The maximum absolute atomic E-state index is 13.4. The van der Waals surface area contributed by atoms with Gasteiger partial charge in [0.1, 0.15) is 5.69 Å². The molecule has 0 aliphatic heterocycles. The van der Waals surface area contributed by atoms with Crippen molar-refractivity contribution in [3.63, 3.8) is 0 Å². The molecule has 0 amide bonds. The summed E-state index contributed by atoms with van der Waals surface area (Å²) in [6, 6.07) is 11.4. The Balaban J connectivity index is 2.26. The summed E-state index contributed by atoms with van der Waals surface area (Å²) in [6.07, 6.45) is 0. The first-order chi connectivity index (χ1) is 11.9. The standard InChI is InChI=1S/C21H21NO3/c1-5-25-21(24)19-18(15-8-6-7-9-16(15)22-19)20(23)17-13(3)10-12(2)11-14(17)4/h6-11,22H,5H2,1-4H3. The lowest BCUT2D eigenvalue weighted by Gasteiger charge is -2.11. The third-order valence-electron chi connectivity index (χ3n) is 4.32. The lowest BCUT2D eigenvalue weighted by molar-refractivity contribution is 0.0517. The van der Waals surface area contributed by atoms with E-state index in [-0.39, 0.29) is 18.1 Å². The number of esters is 1. The van der Waals surface area contributed by atoms with E-state index in [9.17, 15) is 9.59 Å². The van der Waals surface area contributed by atoms with Crippen LogP contribution >= 0.6 is 0 Å². The van der Waals surface area contributed by atoms with E-state index in [0.717, 1.165) is 27.6 Å². The first kappa shape index (κ1) is 17.0. The summed E-state index contributed by atoms with van der Waals surface area (Å²) >= 11 is 0. The molecule has 0 fully saturated rings. The number of hydrogen-bond donors (Lipinski definition) is 1. The van der Waals surface area contributed by atoms with Gasteiger partial charge in [0.15, 0.2) is 5.78 Å². The molecule has 0 saturated heterocycles. The zero-order valence-electron chi connectivity index (χ0n) is 14.9. The summed E-state index contributed by atoms with van der Waals surface area (Å²) in [5, 5.41) is 0.731. The van der Waals surface area contributed by atoms with Gasteiger partial charge in [0.2, 0.25) is 0 Å². The fraction of sp³-hybridized carbons (Fsp3) is 0.238. The Morgan fingerprint density at radius 1 is 1.00 bits per heavy atom. The van der Waals surface area contributed by atoms with Gasteiger partial charge in [-0.2, -0.15) is 0 Å². The summed E-state index contributed by atoms with van der Waals surface area (Å²) in [7, 11) is 0. The molecule has 2 aromatic carbocycles.